The third kappa shape index (κ3) is 2.91. The fourth-order valence-electron chi connectivity index (χ4n) is 0.731. The standard InChI is InChI=1S/C8H11NO.H2O/c1-2-10-8-5-3-7(9)4-6-8;/h3-6H,2,9H2,1H3;1H2. The monoisotopic (exact) mass is 155 g/mol. The molecule has 0 saturated carbocycles. The van der Waals surface area contributed by atoms with Crippen LogP contribution in [-0.2, 0) is 0 Å². The van der Waals surface area contributed by atoms with Crippen molar-refractivity contribution in [2.24, 2.45) is 0 Å². The molecule has 0 amide bonds. The van der Waals surface area contributed by atoms with Gasteiger partial charge in [0.15, 0.2) is 0 Å². The van der Waals surface area contributed by atoms with Crippen LogP contribution >= 0.6 is 0 Å². The zero-order chi connectivity index (χ0) is 7.40. The molecule has 62 valence electrons. The molecule has 0 aromatic heterocycles. The molecule has 0 aliphatic carbocycles. The van der Waals surface area contributed by atoms with Gasteiger partial charge in [-0.3, -0.25) is 0 Å². The maximum absolute atomic E-state index is 5.47. The summed E-state index contributed by atoms with van der Waals surface area (Å²) in [5, 5.41) is 0. The van der Waals surface area contributed by atoms with E-state index < -0.39 is 0 Å². The quantitative estimate of drug-likeness (QED) is 0.643. The van der Waals surface area contributed by atoms with Gasteiger partial charge in [-0.15, -0.1) is 0 Å². The highest BCUT2D eigenvalue weighted by Crippen LogP contribution is 2.12. The summed E-state index contributed by atoms with van der Waals surface area (Å²) in [6.07, 6.45) is 0. The van der Waals surface area contributed by atoms with Gasteiger partial charge in [0.05, 0.1) is 6.61 Å². The van der Waals surface area contributed by atoms with E-state index in [1.54, 1.807) is 0 Å². The first-order chi connectivity index (χ1) is 4.83. The highest BCUT2D eigenvalue weighted by atomic mass is 16.5. The fraction of sp³-hybridized carbons (Fsp3) is 0.250. The van der Waals surface area contributed by atoms with Crippen molar-refractivity contribution in [2.75, 3.05) is 12.3 Å². The second kappa shape index (κ2) is 4.57. The lowest BCUT2D eigenvalue weighted by Crippen LogP contribution is -1.91. The van der Waals surface area contributed by atoms with Gasteiger partial charge in [-0.1, -0.05) is 0 Å². The fourth-order valence-corrected chi connectivity index (χ4v) is 0.731. The van der Waals surface area contributed by atoms with Gasteiger partial charge >= 0.3 is 0 Å². The summed E-state index contributed by atoms with van der Waals surface area (Å²) in [4.78, 5) is 0. The smallest absolute Gasteiger partial charge is 0.119 e. The van der Waals surface area contributed by atoms with E-state index in [2.05, 4.69) is 0 Å². The number of hydrogen-bond acceptors (Lipinski definition) is 2. The molecule has 0 radical (unpaired) electrons. The molecule has 0 aliphatic rings. The largest absolute Gasteiger partial charge is 0.494 e. The van der Waals surface area contributed by atoms with Crippen molar-refractivity contribution < 1.29 is 10.2 Å². The Labute approximate surface area is 66.1 Å². The van der Waals surface area contributed by atoms with Gasteiger partial charge in [0.25, 0.3) is 0 Å². The van der Waals surface area contributed by atoms with E-state index in [4.69, 9.17) is 10.5 Å². The molecule has 11 heavy (non-hydrogen) atoms. The Kier molecular flexibility index (Phi) is 4.07. The first kappa shape index (κ1) is 9.78. The second-order valence-corrected chi connectivity index (χ2v) is 2.00. The third-order valence-electron chi connectivity index (χ3n) is 1.19. The highest BCUT2D eigenvalue weighted by Gasteiger charge is 1.88. The van der Waals surface area contributed by atoms with Crippen LogP contribution in [0, 0.1) is 0 Å². The van der Waals surface area contributed by atoms with Crippen LogP contribution in [0.4, 0.5) is 5.69 Å². The lowest BCUT2D eigenvalue weighted by Gasteiger charge is -2.01. The first-order valence-electron chi connectivity index (χ1n) is 3.31. The van der Waals surface area contributed by atoms with Crippen LogP contribution in [0.2, 0.25) is 0 Å². The van der Waals surface area contributed by atoms with Crippen molar-refractivity contribution in [3.05, 3.63) is 24.3 Å². The zero-order valence-corrected chi connectivity index (χ0v) is 6.50. The summed E-state index contributed by atoms with van der Waals surface area (Å²) >= 11 is 0. The van der Waals surface area contributed by atoms with E-state index in [1.165, 1.54) is 0 Å². The Morgan fingerprint density at radius 3 is 2.27 bits per heavy atom. The van der Waals surface area contributed by atoms with Crippen LogP contribution < -0.4 is 10.5 Å². The Balaban J connectivity index is 0.000001000. The molecule has 0 bridgehead atoms. The lowest BCUT2D eigenvalue weighted by atomic mass is 10.3. The number of hydrogen-bond donors (Lipinski definition) is 1. The van der Waals surface area contributed by atoms with Crippen molar-refractivity contribution in [1.82, 2.24) is 0 Å². The number of anilines is 1. The summed E-state index contributed by atoms with van der Waals surface area (Å²) in [5.41, 5.74) is 6.23. The number of nitrogen functional groups attached to an aromatic ring is 1. The summed E-state index contributed by atoms with van der Waals surface area (Å²) in [6.45, 7) is 2.65. The van der Waals surface area contributed by atoms with Gasteiger partial charge in [0.2, 0.25) is 0 Å². The van der Waals surface area contributed by atoms with Crippen molar-refractivity contribution in [3.8, 4) is 5.75 Å². The molecule has 0 unspecified atom stereocenters. The molecule has 0 aliphatic heterocycles. The molecule has 4 N–H and O–H groups in total. The maximum atomic E-state index is 5.47. The van der Waals surface area contributed by atoms with Gasteiger partial charge in [-0.2, -0.15) is 0 Å². The average Bonchev–Trinajstić information content (AvgIpc) is 1.95. The average molecular weight is 155 g/mol. The summed E-state index contributed by atoms with van der Waals surface area (Å²) < 4.78 is 5.21. The van der Waals surface area contributed by atoms with E-state index in [1.807, 2.05) is 31.2 Å². The zero-order valence-electron chi connectivity index (χ0n) is 6.50. The minimum atomic E-state index is 0. The topological polar surface area (TPSA) is 66.8 Å². The van der Waals surface area contributed by atoms with Crippen molar-refractivity contribution in [1.29, 1.82) is 0 Å². The van der Waals surface area contributed by atoms with Crippen molar-refractivity contribution in [3.63, 3.8) is 0 Å². The van der Waals surface area contributed by atoms with Crippen LogP contribution in [0.1, 0.15) is 6.92 Å². The van der Waals surface area contributed by atoms with E-state index in [0.717, 1.165) is 11.4 Å². The molecule has 0 atom stereocenters. The normalized spacial score (nSPS) is 8.45. The number of ether oxygens (including phenoxy) is 1. The molecule has 0 saturated heterocycles. The van der Waals surface area contributed by atoms with Crippen molar-refractivity contribution >= 4 is 5.69 Å². The second-order valence-electron chi connectivity index (χ2n) is 2.00. The molecular weight excluding hydrogens is 142 g/mol. The Hall–Kier alpha value is -1.22. The van der Waals surface area contributed by atoms with Crippen LogP contribution in [0.15, 0.2) is 24.3 Å². The van der Waals surface area contributed by atoms with Crippen molar-refractivity contribution in [2.45, 2.75) is 6.92 Å². The van der Waals surface area contributed by atoms with Gasteiger partial charge in [0.1, 0.15) is 5.75 Å². The highest BCUT2D eigenvalue weighted by molar-refractivity contribution is 5.41. The molecule has 3 heteroatoms. The Morgan fingerprint density at radius 1 is 1.27 bits per heavy atom. The molecule has 1 aromatic rings. The predicted molar refractivity (Wildman–Crippen MR) is 45.6 cm³/mol. The number of rotatable bonds is 2. The molecule has 0 spiro atoms. The summed E-state index contributed by atoms with van der Waals surface area (Å²) in [5.74, 6) is 0.872. The van der Waals surface area contributed by atoms with Gasteiger partial charge in [-0.25, -0.2) is 0 Å². The van der Waals surface area contributed by atoms with Crippen LogP contribution in [0.3, 0.4) is 0 Å². The Morgan fingerprint density at radius 2 is 1.82 bits per heavy atom. The minimum absolute atomic E-state index is 0. The van der Waals surface area contributed by atoms with Crippen LogP contribution in [0.25, 0.3) is 0 Å². The van der Waals surface area contributed by atoms with E-state index in [0.29, 0.717) is 6.61 Å². The third-order valence-corrected chi connectivity index (χ3v) is 1.19. The molecule has 3 nitrogen and oxygen atoms in total. The SMILES string of the molecule is CCOc1ccc(N)cc1.O. The van der Waals surface area contributed by atoms with E-state index in [-0.39, 0.29) is 5.48 Å². The molecular formula is C8H13NO2. The van der Waals surface area contributed by atoms with E-state index in [9.17, 15) is 0 Å². The predicted octanol–water partition coefficient (Wildman–Crippen LogP) is 0.843. The molecule has 1 rings (SSSR count). The van der Waals surface area contributed by atoms with Gasteiger partial charge in [0, 0.05) is 5.69 Å². The van der Waals surface area contributed by atoms with Gasteiger partial charge < -0.3 is 15.9 Å². The summed E-state index contributed by atoms with van der Waals surface area (Å²) in [7, 11) is 0. The maximum Gasteiger partial charge on any atom is 0.119 e. The van der Waals surface area contributed by atoms with Crippen LogP contribution in [-0.4, -0.2) is 12.1 Å². The van der Waals surface area contributed by atoms with Crippen LogP contribution in [0.5, 0.6) is 5.75 Å². The summed E-state index contributed by atoms with van der Waals surface area (Å²) in [6, 6.07) is 7.37. The number of nitrogens with two attached hydrogens (primary N) is 1. The van der Waals surface area contributed by atoms with Gasteiger partial charge in [-0.05, 0) is 31.2 Å². The Bertz CT molecular complexity index is 196. The van der Waals surface area contributed by atoms with E-state index >= 15 is 0 Å². The minimum Gasteiger partial charge on any atom is -0.494 e. The first-order valence-corrected chi connectivity index (χ1v) is 3.31. The molecule has 1 aromatic carbocycles. The lowest BCUT2D eigenvalue weighted by molar-refractivity contribution is 0.340. The molecule has 0 heterocycles. The number of benzene rings is 1. The molecule has 0 fully saturated rings.